The summed E-state index contributed by atoms with van der Waals surface area (Å²) in [5, 5.41) is 3.53. The number of hydrogen-bond acceptors (Lipinski definition) is 5. The van der Waals surface area contributed by atoms with Gasteiger partial charge in [0.2, 0.25) is 5.91 Å². The van der Waals surface area contributed by atoms with E-state index in [1.807, 2.05) is 13.8 Å². The molecule has 0 aliphatic heterocycles. The van der Waals surface area contributed by atoms with Crippen LogP contribution in [-0.4, -0.2) is 33.7 Å². The molecule has 1 unspecified atom stereocenters. The Balaban J connectivity index is 2.57. The lowest BCUT2D eigenvalue weighted by molar-refractivity contribution is -0.119. The number of carbonyl (C=O) groups excluding carboxylic acids is 1. The van der Waals surface area contributed by atoms with Gasteiger partial charge in [-0.05, 0) is 0 Å². The van der Waals surface area contributed by atoms with Crippen molar-refractivity contribution in [2.24, 2.45) is 5.73 Å². The number of H-pyrrole nitrogens is 1. The summed E-state index contributed by atoms with van der Waals surface area (Å²) in [6, 6.07) is 1.06. The normalized spacial score (nSPS) is 12.6. The quantitative estimate of drug-likeness (QED) is 0.480. The van der Waals surface area contributed by atoms with Gasteiger partial charge in [-0.2, -0.15) is 0 Å². The predicted octanol–water partition coefficient (Wildman–Crippen LogP) is -0.286. The van der Waals surface area contributed by atoms with Crippen molar-refractivity contribution in [1.29, 1.82) is 0 Å². The van der Waals surface area contributed by atoms with Crippen LogP contribution in [0.15, 0.2) is 22.2 Å². The van der Waals surface area contributed by atoms with Gasteiger partial charge in [0, 0.05) is 24.1 Å². The van der Waals surface area contributed by atoms with E-state index in [2.05, 4.69) is 15.3 Å². The minimum Gasteiger partial charge on any atom is -0.368 e. The molecule has 4 N–H and O–H groups in total. The molecule has 0 aliphatic rings. The smallest absolute Gasteiger partial charge is 0.251 e. The van der Waals surface area contributed by atoms with Crippen LogP contribution in [0, 0.1) is 0 Å². The van der Waals surface area contributed by atoms with Crippen LogP contribution in [0.2, 0.25) is 0 Å². The van der Waals surface area contributed by atoms with Crippen molar-refractivity contribution in [1.82, 2.24) is 15.3 Å². The first-order valence-electron chi connectivity index (χ1n) is 5.22. The largest absolute Gasteiger partial charge is 0.368 e. The van der Waals surface area contributed by atoms with Crippen molar-refractivity contribution in [3.8, 4) is 0 Å². The Morgan fingerprint density at radius 1 is 1.65 bits per heavy atom. The first-order chi connectivity index (χ1) is 7.99. The number of rotatable bonds is 6. The van der Waals surface area contributed by atoms with Gasteiger partial charge in [0.05, 0.1) is 6.04 Å². The number of nitrogens with zero attached hydrogens (tertiary/aromatic N) is 1. The highest BCUT2D eigenvalue weighted by Gasteiger charge is 2.16. The molecule has 6 nitrogen and oxygen atoms in total. The number of primary amides is 1. The molecule has 0 saturated heterocycles. The zero-order valence-corrected chi connectivity index (χ0v) is 10.6. The third-order valence-electron chi connectivity index (χ3n) is 1.91. The van der Waals surface area contributed by atoms with Gasteiger partial charge in [-0.1, -0.05) is 25.6 Å². The fourth-order valence-electron chi connectivity index (χ4n) is 1.20. The molecule has 1 heterocycles. The van der Waals surface area contributed by atoms with Gasteiger partial charge in [-0.15, -0.1) is 0 Å². The second kappa shape index (κ2) is 6.41. The number of nitrogens with two attached hydrogens (primary N) is 1. The van der Waals surface area contributed by atoms with Gasteiger partial charge >= 0.3 is 0 Å². The van der Waals surface area contributed by atoms with Crippen LogP contribution in [-0.2, 0) is 4.79 Å². The SMILES string of the molecule is CC(C)NC(CSc1nccc(=O)[nH]1)C(N)=O. The highest BCUT2D eigenvalue weighted by Crippen LogP contribution is 2.11. The first kappa shape index (κ1) is 13.7. The molecule has 0 bridgehead atoms. The number of aromatic amines is 1. The van der Waals surface area contributed by atoms with Crippen LogP contribution < -0.4 is 16.6 Å². The van der Waals surface area contributed by atoms with Gasteiger partial charge in [0.15, 0.2) is 5.16 Å². The van der Waals surface area contributed by atoms with Crippen LogP contribution in [0.25, 0.3) is 0 Å². The van der Waals surface area contributed by atoms with Crippen molar-refractivity contribution in [3.05, 3.63) is 22.6 Å². The summed E-state index contributed by atoms with van der Waals surface area (Å²) in [6.45, 7) is 3.87. The Bertz CT molecular complexity index is 432. The van der Waals surface area contributed by atoms with Gasteiger partial charge in [-0.3, -0.25) is 9.59 Å². The number of thioether (sulfide) groups is 1. The van der Waals surface area contributed by atoms with Crippen molar-refractivity contribution in [2.75, 3.05) is 5.75 Å². The molecule has 17 heavy (non-hydrogen) atoms. The summed E-state index contributed by atoms with van der Waals surface area (Å²) < 4.78 is 0. The molecule has 1 aromatic heterocycles. The lowest BCUT2D eigenvalue weighted by atomic mass is 10.3. The Morgan fingerprint density at radius 3 is 2.88 bits per heavy atom. The highest BCUT2D eigenvalue weighted by molar-refractivity contribution is 7.99. The lowest BCUT2D eigenvalue weighted by Gasteiger charge is -2.17. The average Bonchev–Trinajstić information content (AvgIpc) is 2.23. The maximum atomic E-state index is 11.2. The molecule has 7 heteroatoms. The first-order valence-corrected chi connectivity index (χ1v) is 6.21. The molecular weight excluding hydrogens is 240 g/mol. The average molecular weight is 256 g/mol. The molecule has 94 valence electrons. The third kappa shape index (κ3) is 5.01. The number of carbonyl (C=O) groups is 1. The summed E-state index contributed by atoms with van der Waals surface area (Å²) in [4.78, 5) is 28.8. The molecule has 0 saturated carbocycles. The van der Waals surface area contributed by atoms with Crippen LogP contribution >= 0.6 is 11.8 Å². The van der Waals surface area contributed by atoms with Gasteiger partial charge in [0.25, 0.3) is 5.56 Å². The number of aromatic nitrogens is 2. The Labute approximate surface area is 103 Å². The van der Waals surface area contributed by atoms with E-state index in [-0.39, 0.29) is 11.6 Å². The zero-order chi connectivity index (χ0) is 12.8. The van der Waals surface area contributed by atoms with E-state index in [1.165, 1.54) is 24.0 Å². The summed E-state index contributed by atoms with van der Waals surface area (Å²) in [5.41, 5.74) is 5.06. The van der Waals surface area contributed by atoms with Gasteiger partial charge < -0.3 is 16.0 Å². The molecule has 1 atom stereocenters. The third-order valence-corrected chi connectivity index (χ3v) is 2.89. The number of amides is 1. The lowest BCUT2D eigenvalue weighted by Crippen LogP contribution is -2.46. The molecule has 1 rings (SSSR count). The van der Waals surface area contributed by atoms with Gasteiger partial charge in [0.1, 0.15) is 0 Å². The standard InChI is InChI=1S/C10H16N4O2S/c1-6(2)13-7(9(11)16)5-17-10-12-4-3-8(15)14-10/h3-4,6-7,13H,5H2,1-2H3,(H2,11,16)(H,12,14,15). The molecule has 0 spiro atoms. The fourth-order valence-corrected chi connectivity index (χ4v) is 2.10. The molecule has 0 aliphatic carbocycles. The van der Waals surface area contributed by atoms with Crippen LogP contribution in [0.4, 0.5) is 0 Å². The minimum atomic E-state index is -0.439. The van der Waals surface area contributed by atoms with Crippen molar-refractivity contribution in [3.63, 3.8) is 0 Å². The topological polar surface area (TPSA) is 101 Å². The van der Waals surface area contributed by atoms with E-state index >= 15 is 0 Å². The summed E-state index contributed by atoms with van der Waals surface area (Å²) >= 11 is 1.28. The Morgan fingerprint density at radius 2 is 2.35 bits per heavy atom. The highest BCUT2D eigenvalue weighted by atomic mass is 32.2. The van der Waals surface area contributed by atoms with Crippen molar-refractivity contribution < 1.29 is 4.79 Å². The van der Waals surface area contributed by atoms with Crippen LogP contribution in [0.5, 0.6) is 0 Å². The monoisotopic (exact) mass is 256 g/mol. The Hall–Kier alpha value is -1.34. The molecule has 0 radical (unpaired) electrons. The second-order valence-electron chi connectivity index (χ2n) is 3.83. The van der Waals surface area contributed by atoms with E-state index in [0.717, 1.165) is 0 Å². The van der Waals surface area contributed by atoms with Crippen LogP contribution in [0.3, 0.4) is 0 Å². The fraction of sp³-hybridized carbons (Fsp3) is 0.500. The molecule has 0 fully saturated rings. The van der Waals surface area contributed by atoms with E-state index in [0.29, 0.717) is 10.9 Å². The number of hydrogen-bond donors (Lipinski definition) is 3. The molecular formula is C10H16N4O2S. The summed E-state index contributed by atoms with van der Waals surface area (Å²) in [6.07, 6.45) is 1.43. The summed E-state index contributed by atoms with van der Waals surface area (Å²) in [5.74, 6) is 0.0185. The van der Waals surface area contributed by atoms with E-state index in [4.69, 9.17) is 5.73 Å². The summed E-state index contributed by atoms with van der Waals surface area (Å²) in [7, 11) is 0. The maximum absolute atomic E-state index is 11.2. The molecule has 1 aromatic rings. The van der Waals surface area contributed by atoms with E-state index in [9.17, 15) is 9.59 Å². The van der Waals surface area contributed by atoms with E-state index in [1.54, 1.807) is 0 Å². The molecule has 1 amide bonds. The number of nitrogens with one attached hydrogen (secondary N) is 2. The van der Waals surface area contributed by atoms with E-state index < -0.39 is 11.9 Å². The van der Waals surface area contributed by atoms with Crippen molar-refractivity contribution in [2.45, 2.75) is 31.1 Å². The zero-order valence-electron chi connectivity index (χ0n) is 9.77. The minimum absolute atomic E-state index is 0.163. The second-order valence-corrected chi connectivity index (χ2v) is 4.84. The van der Waals surface area contributed by atoms with Gasteiger partial charge in [-0.25, -0.2) is 4.98 Å². The van der Waals surface area contributed by atoms with Crippen molar-refractivity contribution >= 4 is 17.7 Å². The Kier molecular flexibility index (Phi) is 5.17. The maximum Gasteiger partial charge on any atom is 0.251 e. The molecule has 0 aromatic carbocycles. The predicted molar refractivity (Wildman–Crippen MR) is 66.8 cm³/mol. The van der Waals surface area contributed by atoms with Crippen LogP contribution in [0.1, 0.15) is 13.8 Å².